The van der Waals surface area contributed by atoms with Gasteiger partial charge >= 0.3 is 5.97 Å². The molecule has 0 spiro atoms. The van der Waals surface area contributed by atoms with E-state index in [1.165, 1.54) is 14.0 Å². The van der Waals surface area contributed by atoms with Crippen molar-refractivity contribution in [3.63, 3.8) is 0 Å². The Morgan fingerprint density at radius 3 is 2.95 bits per heavy atom. The molecule has 112 valence electrons. The molecule has 0 radical (unpaired) electrons. The van der Waals surface area contributed by atoms with Crippen molar-refractivity contribution in [1.29, 1.82) is 0 Å². The number of esters is 1. The zero-order chi connectivity index (χ0) is 15.4. The number of carbonyl (C=O) groups is 2. The summed E-state index contributed by atoms with van der Waals surface area (Å²) in [5.74, 6) is -0.867. The number of ether oxygens (including phenoxy) is 1. The van der Waals surface area contributed by atoms with Crippen LogP contribution < -0.4 is 10.6 Å². The Hall–Kier alpha value is -1.95. The van der Waals surface area contributed by atoms with Gasteiger partial charge in [0.2, 0.25) is 5.78 Å². The predicted molar refractivity (Wildman–Crippen MR) is 78.4 cm³/mol. The van der Waals surface area contributed by atoms with E-state index in [4.69, 9.17) is 16.3 Å². The Labute approximate surface area is 126 Å². The molecule has 2 aliphatic heterocycles. The number of phenols is 1. The number of anilines is 2. The molecule has 2 heterocycles. The van der Waals surface area contributed by atoms with Gasteiger partial charge in [0.25, 0.3) is 0 Å². The molecule has 3 rings (SSSR count). The lowest BCUT2D eigenvalue weighted by atomic mass is 9.89. The summed E-state index contributed by atoms with van der Waals surface area (Å²) in [7, 11) is 1.22. The van der Waals surface area contributed by atoms with Gasteiger partial charge in [-0.3, -0.25) is 4.79 Å². The highest BCUT2D eigenvalue weighted by molar-refractivity contribution is 6.26. The Balaban J connectivity index is 2.21. The molecular formula is C14H15ClN2O4. The molecule has 2 aliphatic rings. The minimum atomic E-state index is -1.52. The molecule has 0 amide bonds. The summed E-state index contributed by atoms with van der Waals surface area (Å²) < 4.78 is 4.71. The number of fused-ring (bicyclic) bond motifs is 3. The van der Waals surface area contributed by atoms with E-state index in [9.17, 15) is 14.7 Å². The number of alkyl halides is 1. The smallest absolute Gasteiger partial charge is 0.339 e. The third kappa shape index (κ3) is 1.72. The zero-order valence-electron chi connectivity index (χ0n) is 11.6. The first-order valence-corrected chi connectivity index (χ1v) is 7.08. The van der Waals surface area contributed by atoms with Crippen molar-refractivity contribution in [3.05, 3.63) is 17.2 Å². The monoisotopic (exact) mass is 310 g/mol. The molecule has 7 heteroatoms. The lowest BCUT2D eigenvalue weighted by molar-refractivity contribution is -0.143. The summed E-state index contributed by atoms with van der Waals surface area (Å²) >= 11 is 5.96. The maximum absolute atomic E-state index is 12.7. The van der Waals surface area contributed by atoms with Crippen LogP contribution in [0.15, 0.2) is 6.07 Å². The van der Waals surface area contributed by atoms with Gasteiger partial charge in [-0.05, 0) is 12.5 Å². The van der Waals surface area contributed by atoms with E-state index in [-0.39, 0.29) is 17.4 Å². The summed E-state index contributed by atoms with van der Waals surface area (Å²) in [5, 5.41) is 16.1. The predicted octanol–water partition coefficient (Wildman–Crippen LogP) is 1.68. The van der Waals surface area contributed by atoms with Crippen LogP contribution in [0.4, 0.5) is 11.4 Å². The maximum Gasteiger partial charge on any atom is 0.339 e. The van der Waals surface area contributed by atoms with Gasteiger partial charge in [0, 0.05) is 30.1 Å². The number of methoxy groups -OCH3 is 1. The molecule has 0 bridgehead atoms. The second-order valence-corrected chi connectivity index (χ2v) is 5.72. The van der Waals surface area contributed by atoms with Crippen LogP contribution in [0.3, 0.4) is 0 Å². The van der Waals surface area contributed by atoms with Crippen LogP contribution in [0.1, 0.15) is 28.8 Å². The molecule has 0 fully saturated rings. The average molecular weight is 311 g/mol. The van der Waals surface area contributed by atoms with Gasteiger partial charge in [0.15, 0.2) is 5.54 Å². The van der Waals surface area contributed by atoms with E-state index in [1.807, 2.05) is 0 Å². The van der Waals surface area contributed by atoms with E-state index < -0.39 is 17.3 Å². The molecule has 0 aromatic heterocycles. The fourth-order valence-electron chi connectivity index (χ4n) is 2.99. The lowest BCUT2D eigenvalue weighted by Crippen LogP contribution is -2.47. The molecule has 1 aromatic rings. The highest BCUT2D eigenvalue weighted by Gasteiger charge is 2.52. The number of halogens is 1. The van der Waals surface area contributed by atoms with Crippen molar-refractivity contribution in [2.45, 2.75) is 18.4 Å². The fourth-order valence-corrected chi connectivity index (χ4v) is 3.25. The number of carbonyl (C=O) groups excluding carboxylic acids is 2. The van der Waals surface area contributed by atoms with Crippen LogP contribution in [0.5, 0.6) is 5.75 Å². The summed E-state index contributed by atoms with van der Waals surface area (Å²) in [6.45, 7) is 2.04. The van der Waals surface area contributed by atoms with Crippen molar-refractivity contribution >= 4 is 34.7 Å². The largest absolute Gasteiger partial charge is 0.506 e. The Morgan fingerprint density at radius 2 is 2.33 bits per heavy atom. The maximum atomic E-state index is 12.7. The Bertz CT molecular complexity index is 661. The number of hydrogen-bond donors (Lipinski definition) is 3. The van der Waals surface area contributed by atoms with Crippen molar-refractivity contribution < 1.29 is 19.4 Å². The highest BCUT2D eigenvalue weighted by Crippen LogP contribution is 2.48. The van der Waals surface area contributed by atoms with E-state index in [2.05, 4.69) is 10.6 Å². The van der Waals surface area contributed by atoms with Gasteiger partial charge in [-0.1, -0.05) is 0 Å². The summed E-state index contributed by atoms with van der Waals surface area (Å²) in [5.41, 5.74) is 0.506. The molecule has 0 unspecified atom stereocenters. The van der Waals surface area contributed by atoms with Crippen molar-refractivity contribution in [1.82, 2.24) is 0 Å². The van der Waals surface area contributed by atoms with Crippen LogP contribution >= 0.6 is 11.6 Å². The van der Waals surface area contributed by atoms with Crippen LogP contribution in [0.2, 0.25) is 0 Å². The van der Waals surface area contributed by atoms with Crippen molar-refractivity contribution in [2.24, 2.45) is 0 Å². The number of Topliss-reactive ketones (excluding diaryl/α,β-unsaturated/α-hetero) is 1. The normalized spacial score (nSPS) is 25.9. The summed E-state index contributed by atoms with van der Waals surface area (Å²) in [6, 6.07) is 1.55. The van der Waals surface area contributed by atoms with Crippen LogP contribution in [-0.2, 0) is 9.53 Å². The quantitative estimate of drug-likeness (QED) is 0.333. The number of aromatic hydroxyl groups is 1. The molecule has 3 N–H and O–H groups in total. The number of ketones is 1. The van der Waals surface area contributed by atoms with Gasteiger partial charge in [0.1, 0.15) is 5.75 Å². The minimum absolute atomic E-state index is 0.0400. The van der Waals surface area contributed by atoms with Gasteiger partial charge < -0.3 is 20.5 Å². The van der Waals surface area contributed by atoms with Gasteiger partial charge in [-0.25, -0.2) is 4.79 Å². The standard InChI is InChI=1S/C14H15ClN2O4/c1-14(13(20)21-2)12(19)10-9-6(4-15)5-16-7(9)3-8(18)11(10)17-14/h3,6,16-18H,4-5H2,1-2H3/t6-,14-/m1/s1. The zero-order valence-corrected chi connectivity index (χ0v) is 12.4. The van der Waals surface area contributed by atoms with E-state index >= 15 is 0 Å². The topological polar surface area (TPSA) is 87.7 Å². The van der Waals surface area contributed by atoms with E-state index in [0.717, 1.165) is 5.56 Å². The van der Waals surface area contributed by atoms with Crippen molar-refractivity contribution in [2.75, 3.05) is 30.2 Å². The van der Waals surface area contributed by atoms with E-state index in [1.54, 1.807) is 6.07 Å². The summed E-state index contributed by atoms with van der Waals surface area (Å²) in [4.78, 5) is 24.7. The van der Waals surface area contributed by atoms with Gasteiger partial charge in [-0.2, -0.15) is 0 Å². The second kappa shape index (κ2) is 4.53. The van der Waals surface area contributed by atoms with Crippen LogP contribution in [0, 0.1) is 0 Å². The van der Waals surface area contributed by atoms with Crippen molar-refractivity contribution in [3.8, 4) is 5.75 Å². The van der Waals surface area contributed by atoms with Crippen LogP contribution in [0.25, 0.3) is 0 Å². The molecule has 0 saturated heterocycles. The first-order chi connectivity index (χ1) is 9.93. The van der Waals surface area contributed by atoms with Crippen LogP contribution in [-0.4, -0.2) is 41.9 Å². The van der Waals surface area contributed by atoms with Gasteiger partial charge in [0.05, 0.1) is 18.4 Å². The summed E-state index contributed by atoms with van der Waals surface area (Å²) in [6.07, 6.45) is 0. The third-order valence-corrected chi connectivity index (χ3v) is 4.50. The first-order valence-electron chi connectivity index (χ1n) is 6.55. The SMILES string of the molecule is COC(=O)[C@]1(C)Nc2c(O)cc3c(c2C1=O)[C@H](CCl)CN3. The Morgan fingerprint density at radius 1 is 1.62 bits per heavy atom. The third-order valence-electron chi connectivity index (χ3n) is 4.13. The number of phenolic OH excluding ortho intramolecular Hbond substituents is 1. The molecule has 6 nitrogen and oxygen atoms in total. The molecule has 2 atom stereocenters. The number of rotatable bonds is 2. The number of benzene rings is 1. The minimum Gasteiger partial charge on any atom is -0.506 e. The number of hydrogen-bond acceptors (Lipinski definition) is 6. The Kier molecular flexibility index (Phi) is 3.02. The highest BCUT2D eigenvalue weighted by atomic mass is 35.5. The molecule has 21 heavy (non-hydrogen) atoms. The molecule has 0 saturated carbocycles. The van der Waals surface area contributed by atoms with Gasteiger partial charge in [-0.15, -0.1) is 11.6 Å². The molecule has 0 aliphatic carbocycles. The molecular weight excluding hydrogens is 296 g/mol. The lowest BCUT2D eigenvalue weighted by Gasteiger charge is -2.19. The number of nitrogens with one attached hydrogen (secondary N) is 2. The first kappa shape index (κ1) is 14.0. The second-order valence-electron chi connectivity index (χ2n) is 5.41. The van der Waals surface area contributed by atoms with E-state index in [0.29, 0.717) is 23.7 Å². The molecule has 1 aromatic carbocycles. The average Bonchev–Trinajstić information content (AvgIpc) is 2.99. The fraction of sp³-hybridized carbons (Fsp3) is 0.429.